The van der Waals surface area contributed by atoms with E-state index in [1.54, 1.807) is 11.6 Å². The van der Waals surface area contributed by atoms with Crippen molar-refractivity contribution in [2.24, 2.45) is 19.9 Å². The number of carbonyl (C=O) groups is 1. The highest BCUT2D eigenvalue weighted by Crippen LogP contribution is 2.22. The van der Waals surface area contributed by atoms with E-state index in [4.69, 9.17) is 5.84 Å². The van der Waals surface area contributed by atoms with E-state index in [0.29, 0.717) is 5.95 Å². The number of carbonyl (C=O) groups excluding carboxylic acids is 1. The topological polar surface area (TPSA) is 120 Å². The van der Waals surface area contributed by atoms with Gasteiger partial charge in [0.15, 0.2) is 11.2 Å². The van der Waals surface area contributed by atoms with Crippen molar-refractivity contribution < 1.29 is 4.79 Å². The lowest BCUT2D eigenvalue weighted by Gasteiger charge is -2.28. The highest BCUT2D eigenvalue weighted by atomic mass is 16.2. The smallest absolute Gasteiger partial charge is 0.332 e. The molecular weight excluding hydrogens is 314 g/mol. The maximum absolute atomic E-state index is 12.6. The van der Waals surface area contributed by atoms with Crippen LogP contribution in [0.3, 0.4) is 0 Å². The summed E-state index contributed by atoms with van der Waals surface area (Å²) >= 11 is 0. The first kappa shape index (κ1) is 16.2. The van der Waals surface area contributed by atoms with Crippen molar-refractivity contribution >= 4 is 23.0 Å². The average molecular weight is 335 g/mol. The molecule has 2 aromatic rings. The Kier molecular flexibility index (Phi) is 4.14. The van der Waals surface area contributed by atoms with E-state index in [1.807, 2.05) is 4.90 Å². The second-order valence-corrected chi connectivity index (χ2v) is 5.99. The minimum absolute atomic E-state index is 0.133. The van der Waals surface area contributed by atoms with Crippen LogP contribution in [-0.2, 0) is 25.4 Å². The fourth-order valence-electron chi connectivity index (χ4n) is 3.11. The SMILES string of the molecule is Cn1c(=O)c2c(nc(N3CCCCC3)n2CC(=O)NN)n(C)c1=O. The van der Waals surface area contributed by atoms with E-state index in [0.717, 1.165) is 36.9 Å². The highest BCUT2D eigenvalue weighted by molar-refractivity contribution is 5.81. The maximum Gasteiger partial charge on any atom is 0.332 e. The summed E-state index contributed by atoms with van der Waals surface area (Å²) in [4.78, 5) is 43.1. The molecule has 0 spiro atoms. The Balaban J connectivity index is 2.30. The Labute approximate surface area is 137 Å². The molecule has 1 amide bonds. The fraction of sp³-hybridized carbons (Fsp3) is 0.571. The third-order valence-electron chi connectivity index (χ3n) is 4.43. The van der Waals surface area contributed by atoms with Gasteiger partial charge in [-0.2, -0.15) is 4.98 Å². The van der Waals surface area contributed by atoms with Crippen LogP contribution in [0.2, 0.25) is 0 Å². The van der Waals surface area contributed by atoms with Gasteiger partial charge in [-0.3, -0.25) is 28.7 Å². The molecule has 10 heteroatoms. The molecule has 24 heavy (non-hydrogen) atoms. The van der Waals surface area contributed by atoms with Gasteiger partial charge in [0.25, 0.3) is 11.5 Å². The predicted octanol–water partition coefficient (Wildman–Crippen LogP) is -1.59. The minimum atomic E-state index is -0.478. The molecule has 2 aromatic heterocycles. The zero-order valence-electron chi connectivity index (χ0n) is 13.8. The number of piperidine rings is 1. The summed E-state index contributed by atoms with van der Waals surface area (Å²) in [7, 11) is 2.97. The van der Waals surface area contributed by atoms with E-state index in [-0.39, 0.29) is 17.7 Å². The van der Waals surface area contributed by atoms with Crippen molar-refractivity contribution in [2.45, 2.75) is 25.8 Å². The lowest BCUT2D eigenvalue weighted by molar-refractivity contribution is -0.121. The van der Waals surface area contributed by atoms with Crippen LogP contribution in [0.15, 0.2) is 9.59 Å². The zero-order valence-corrected chi connectivity index (χ0v) is 13.8. The van der Waals surface area contributed by atoms with Crippen LogP contribution >= 0.6 is 0 Å². The monoisotopic (exact) mass is 335 g/mol. The summed E-state index contributed by atoms with van der Waals surface area (Å²) in [5.74, 6) is 5.28. The number of nitrogens with one attached hydrogen (secondary N) is 1. The Morgan fingerprint density at radius 2 is 1.83 bits per heavy atom. The van der Waals surface area contributed by atoms with E-state index < -0.39 is 17.2 Å². The molecule has 3 heterocycles. The molecule has 0 bridgehead atoms. The van der Waals surface area contributed by atoms with Crippen LogP contribution in [0.5, 0.6) is 0 Å². The zero-order chi connectivity index (χ0) is 17.4. The van der Waals surface area contributed by atoms with Gasteiger partial charge in [0, 0.05) is 27.2 Å². The molecule has 1 aliphatic heterocycles. The minimum Gasteiger partial charge on any atom is -0.342 e. The first-order valence-corrected chi connectivity index (χ1v) is 7.86. The van der Waals surface area contributed by atoms with E-state index in [9.17, 15) is 14.4 Å². The van der Waals surface area contributed by atoms with E-state index in [1.165, 1.54) is 11.6 Å². The van der Waals surface area contributed by atoms with Crippen molar-refractivity contribution in [3.05, 3.63) is 20.8 Å². The largest absolute Gasteiger partial charge is 0.342 e. The van der Waals surface area contributed by atoms with E-state index >= 15 is 0 Å². The summed E-state index contributed by atoms with van der Waals surface area (Å²) < 4.78 is 3.88. The van der Waals surface area contributed by atoms with Gasteiger partial charge in [-0.1, -0.05) is 0 Å². The molecule has 0 radical (unpaired) electrons. The number of imidazole rings is 1. The summed E-state index contributed by atoms with van der Waals surface area (Å²) in [6, 6.07) is 0. The normalized spacial score (nSPS) is 15.0. The lowest BCUT2D eigenvalue weighted by Crippen LogP contribution is -2.39. The summed E-state index contributed by atoms with van der Waals surface area (Å²) in [5, 5.41) is 0. The molecule has 0 aromatic carbocycles. The number of aryl methyl sites for hydroxylation is 1. The number of fused-ring (bicyclic) bond motifs is 1. The van der Waals surface area contributed by atoms with E-state index in [2.05, 4.69) is 10.4 Å². The number of anilines is 1. The molecule has 3 N–H and O–H groups in total. The molecule has 0 saturated carbocycles. The van der Waals surface area contributed by atoms with Gasteiger partial charge in [-0.05, 0) is 19.3 Å². The second kappa shape index (κ2) is 6.11. The summed E-state index contributed by atoms with van der Waals surface area (Å²) in [6.45, 7) is 1.45. The Bertz CT molecular complexity index is 902. The molecule has 0 aliphatic carbocycles. The third kappa shape index (κ3) is 2.48. The predicted molar refractivity (Wildman–Crippen MR) is 88.6 cm³/mol. The first-order chi connectivity index (χ1) is 11.5. The van der Waals surface area contributed by atoms with Crippen molar-refractivity contribution in [1.29, 1.82) is 0 Å². The number of amides is 1. The first-order valence-electron chi connectivity index (χ1n) is 7.86. The molecule has 130 valence electrons. The Hall–Kier alpha value is -2.62. The molecular formula is C14H21N7O3. The van der Waals surface area contributed by atoms with Gasteiger partial charge in [0.05, 0.1) is 0 Å². The molecule has 1 fully saturated rings. The van der Waals surface area contributed by atoms with Crippen LogP contribution in [0.4, 0.5) is 5.95 Å². The van der Waals surface area contributed by atoms with Gasteiger partial charge in [-0.15, -0.1) is 0 Å². The van der Waals surface area contributed by atoms with Gasteiger partial charge >= 0.3 is 5.69 Å². The number of hydrogen-bond acceptors (Lipinski definition) is 6. The van der Waals surface area contributed by atoms with Crippen molar-refractivity contribution in [3.63, 3.8) is 0 Å². The van der Waals surface area contributed by atoms with Crippen LogP contribution < -0.4 is 27.4 Å². The molecule has 1 aliphatic rings. The molecule has 3 rings (SSSR count). The van der Waals surface area contributed by atoms with Gasteiger partial charge in [0.1, 0.15) is 6.54 Å². The van der Waals surface area contributed by atoms with Crippen molar-refractivity contribution in [3.8, 4) is 0 Å². The Morgan fingerprint density at radius 3 is 2.46 bits per heavy atom. The number of rotatable bonds is 3. The second-order valence-electron chi connectivity index (χ2n) is 5.99. The Morgan fingerprint density at radius 1 is 1.17 bits per heavy atom. The van der Waals surface area contributed by atoms with Crippen molar-refractivity contribution in [1.82, 2.24) is 24.1 Å². The van der Waals surface area contributed by atoms with Gasteiger partial charge < -0.3 is 4.90 Å². The number of aromatic nitrogens is 4. The number of nitrogens with two attached hydrogens (primary N) is 1. The summed E-state index contributed by atoms with van der Waals surface area (Å²) in [5.41, 5.74) is 1.64. The fourth-order valence-corrected chi connectivity index (χ4v) is 3.11. The van der Waals surface area contributed by atoms with Crippen LogP contribution in [0.25, 0.3) is 11.2 Å². The molecule has 1 saturated heterocycles. The van der Waals surface area contributed by atoms with Gasteiger partial charge in [0.2, 0.25) is 5.95 Å². The maximum atomic E-state index is 12.6. The average Bonchev–Trinajstić information content (AvgIpc) is 2.98. The number of hydrazine groups is 1. The standard InChI is InChI=1S/C14H21N7O3/c1-18-11-10(12(23)19(2)14(18)24)21(8-9(22)17-15)13(16-11)20-6-4-3-5-7-20/h3-8,15H2,1-2H3,(H,17,22). The van der Waals surface area contributed by atoms with Crippen LogP contribution in [0.1, 0.15) is 19.3 Å². The molecule has 10 nitrogen and oxygen atoms in total. The molecule has 0 atom stereocenters. The highest BCUT2D eigenvalue weighted by Gasteiger charge is 2.24. The number of hydrogen-bond donors (Lipinski definition) is 2. The summed E-state index contributed by atoms with van der Waals surface area (Å²) in [6.07, 6.45) is 3.17. The van der Waals surface area contributed by atoms with Crippen LogP contribution in [-0.4, -0.2) is 37.7 Å². The third-order valence-corrected chi connectivity index (χ3v) is 4.43. The van der Waals surface area contributed by atoms with Gasteiger partial charge in [-0.25, -0.2) is 10.6 Å². The number of nitrogens with zero attached hydrogens (tertiary/aromatic N) is 5. The molecule has 0 unspecified atom stereocenters. The quantitative estimate of drug-likeness (QED) is 0.396. The lowest BCUT2D eigenvalue weighted by atomic mass is 10.1. The van der Waals surface area contributed by atoms with Crippen LogP contribution in [0, 0.1) is 0 Å². The van der Waals surface area contributed by atoms with Crippen molar-refractivity contribution in [2.75, 3.05) is 18.0 Å².